The van der Waals surface area contributed by atoms with Crippen molar-refractivity contribution in [3.63, 3.8) is 0 Å². The number of benzene rings is 2. The minimum atomic E-state index is -0.430. The Balaban J connectivity index is 1.11. The molecule has 2 aromatic heterocycles. The van der Waals surface area contributed by atoms with Crippen LogP contribution in [-0.2, 0) is 11.3 Å². The largest absolute Gasteiger partial charge is 0.484 e. The second-order valence-electron chi connectivity index (χ2n) is 7.92. The van der Waals surface area contributed by atoms with E-state index >= 15 is 0 Å². The molecule has 0 atom stereocenters. The second-order valence-corrected chi connectivity index (χ2v) is 8.35. The second kappa shape index (κ2) is 9.66. The van der Waals surface area contributed by atoms with Crippen LogP contribution in [0.2, 0.25) is 5.02 Å². The summed E-state index contributed by atoms with van der Waals surface area (Å²) >= 11 is 5.92. The van der Waals surface area contributed by atoms with Crippen LogP contribution in [0.4, 0.5) is 0 Å². The molecule has 1 aliphatic rings. The molecule has 2 aromatic carbocycles. The lowest BCUT2D eigenvalue weighted by molar-refractivity contribution is -0.135. The summed E-state index contributed by atoms with van der Waals surface area (Å²) in [5, 5.41) is 5.48. The van der Waals surface area contributed by atoms with Gasteiger partial charge in [0.1, 0.15) is 11.3 Å². The summed E-state index contributed by atoms with van der Waals surface area (Å²) in [6.07, 6.45) is 0. The molecule has 1 fully saturated rings. The van der Waals surface area contributed by atoms with Crippen LogP contribution < -0.4 is 10.4 Å². The molecule has 0 saturated carbocycles. The molecule has 1 aliphatic heterocycles. The molecule has 0 bridgehead atoms. The Morgan fingerprint density at radius 1 is 1.03 bits per heavy atom. The molecule has 1 amide bonds. The SMILES string of the molecule is O=C(COc1ccc2ccc(=O)oc2c1)N1CCN(Cc2nc(-c3ccc(Cl)cc3)no2)CC1. The van der Waals surface area contributed by atoms with Gasteiger partial charge in [0.05, 0.1) is 6.54 Å². The zero-order valence-corrected chi connectivity index (χ0v) is 18.9. The van der Waals surface area contributed by atoms with Gasteiger partial charge < -0.3 is 18.6 Å². The molecule has 5 rings (SSSR count). The number of nitrogens with zero attached hydrogens (tertiary/aromatic N) is 4. The van der Waals surface area contributed by atoms with Gasteiger partial charge in [-0.15, -0.1) is 0 Å². The van der Waals surface area contributed by atoms with Crippen LogP contribution in [0.1, 0.15) is 5.89 Å². The first-order valence-electron chi connectivity index (χ1n) is 10.8. The highest BCUT2D eigenvalue weighted by Gasteiger charge is 2.23. The fourth-order valence-corrected chi connectivity index (χ4v) is 3.88. The molecular weight excluding hydrogens is 460 g/mol. The quantitative estimate of drug-likeness (QED) is 0.388. The molecule has 174 valence electrons. The summed E-state index contributed by atoms with van der Waals surface area (Å²) in [4.78, 5) is 32.4. The summed E-state index contributed by atoms with van der Waals surface area (Å²) in [6.45, 7) is 2.95. The number of ether oxygens (including phenoxy) is 1. The van der Waals surface area contributed by atoms with Crippen LogP contribution in [0.5, 0.6) is 5.75 Å². The molecule has 1 saturated heterocycles. The number of halogens is 1. The molecular formula is C24H21ClN4O5. The summed E-state index contributed by atoms with van der Waals surface area (Å²) in [5.74, 6) is 1.42. The first-order chi connectivity index (χ1) is 16.5. The number of carbonyl (C=O) groups excluding carboxylic acids is 1. The van der Waals surface area contributed by atoms with E-state index in [1.165, 1.54) is 6.07 Å². The summed E-state index contributed by atoms with van der Waals surface area (Å²) in [7, 11) is 0. The van der Waals surface area contributed by atoms with Gasteiger partial charge >= 0.3 is 5.63 Å². The van der Waals surface area contributed by atoms with Crippen molar-refractivity contribution in [3.05, 3.63) is 75.9 Å². The molecule has 4 aromatic rings. The Morgan fingerprint density at radius 3 is 2.59 bits per heavy atom. The fraction of sp³-hybridized carbons (Fsp3) is 0.250. The maximum absolute atomic E-state index is 12.6. The van der Waals surface area contributed by atoms with Gasteiger partial charge in [-0.1, -0.05) is 16.8 Å². The monoisotopic (exact) mass is 480 g/mol. The Hall–Kier alpha value is -3.69. The van der Waals surface area contributed by atoms with Crippen molar-refractivity contribution in [1.82, 2.24) is 19.9 Å². The van der Waals surface area contributed by atoms with Gasteiger partial charge in [0, 0.05) is 54.3 Å². The smallest absolute Gasteiger partial charge is 0.336 e. The third-order valence-corrected chi connectivity index (χ3v) is 5.86. The minimum absolute atomic E-state index is 0.0866. The maximum atomic E-state index is 12.6. The van der Waals surface area contributed by atoms with Crippen molar-refractivity contribution in [1.29, 1.82) is 0 Å². The van der Waals surface area contributed by atoms with Crippen LogP contribution in [0.3, 0.4) is 0 Å². The van der Waals surface area contributed by atoms with Gasteiger partial charge in [0.25, 0.3) is 5.91 Å². The number of carbonyl (C=O) groups is 1. The van der Waals surface area contributed by atoms with E-state index in [0.29, 0.717) is 60.8 Å². The fourth-order valence-electron chi connectivity index (χ4n) is 3.75. The van der Waals surface area contributed by atoms with Crippen LogP contribution in [0, 0.1) is 0 Å². The third kappa shape index (κ3) is 5.11. The van der Waals surface area contributed by atoms with Gasteiger partial charge in [-0.3, -0.25) is 9.69 Å². The third-order valence-electron chi connectivity index (χ3n) is 5.61. The maximum Gasteiger partial charge on any atom is 0.336 e. The lowest BCUT2D eigenvalue weighted by Crippen LogP contribution is -2.49. The van der Waals surface area contributed by atoms with Crippen LogP contribution in [0.25, 0.3) is 22.4 Å². The van der Waals surface area contributed by atoms with Crippen molar-refractivity contribution >= 4 is 28.5 Å². The Kier molecular flexibility index (Phi) is 6.29. The van der Waals surface area contributed by atoms with E-state index in [0.717, 1.165) is 10.9 Å². The average molecular weight is 481 g/mol. The van der Waals surface area contributed by atoms with E-state index in [1.807, 2.05) is 12.1 Å². The van der Waals surface area contributed by atoms with E-state index < -0.39 is 5.63 Å². The Labute approximate surface area is 199 Å². The highest BCUT2D eigenvalue weighted by atomic mass is 35.5. The van der Waals surface area contributed by atoms with E-state index in [-0.39, 0.29) is 12.5 Å². The molecule has 0 N–H and O–H groups in total. The first-order valence-corrected chi connectivity index (χ1v) is 11.2. The van der Waals surface area contributed by atoms with Crippen molar-refractivity contribution in [2.24, 2.45) is 0 Å². The molecule has 34 heavy (non-hydrogen) atoms. The topological polar surface area (TPSA) is 102 Å². The van der Waals surface area contributed by atoms with Gasteiger partial charge in [-0.05, 0) is 42.5 Å². The number of hydrogen-bond acceptors (Lipinski definition) is 8. The lowest BCUT2D eigenvalue weighted by Gasteiger charge is -2.33. The van der Waals surface area contributed by atoms with E-state index in [1.54, 1.807) is 41.3 Å². The van der Waals surface area contributed by atoms with Crippen LogP contribution >= 0.6 is 11.6 Å². The van der Waals surface area contributed by atoms with E-state index in [9.17, 15) is 9.59 Å². The summed E-state index contributed by atoms with van der Waals surface area (Å²) in [6, 6.07) is 15.4. The summed E-state index contributed by atoms with van der Waals surface area (Å²) in [5.41, 5.74) is 0.829. The highest BCUT2D eigenvalue weighted by molar-refractivity contribution is 6.30. The zero-order valence-electron chi connectivity index (χ0n) is 18.1. The average Bonchev–Trinajstić information content (AvgIpc) is 3.31. The zero-order chi connectivity index (χ0) is 23.5. The molecule has 0 spiro atoms. The highest BCUT2D eigenvalue weighted by Crippen LogP contribution is 2.21. The molecule has 9 nitrogen and oxygen atoms in total. The normalized spacial score (nSPS) is 14.4. The van der Waals surface area contributed by atoms with Gasteiger partial charge in [-0.2, -0.15) is 4.98 Å². The number of amides is 1. The first kappa shape index (κ1) is 22.1. The molecule has 10 heteroatoms. The number of rotatable bonds is 6. The Morgan fingerprint density at radius 2 is 1.79 bits per heavy atom. The number of fused-ring (bicyclic) bond motifs is 1. The van der Waals surface area contributed by atoms with E-state index in [4.69, 9.17) is 25.3 Å². The lowest BCUT2D eigenvalue weighted by atomic mass is 10.2. The van der Waals surface area contributed by atoms with Crippen LogP contribution in [0.15, 0.2) is 68.3 Å². The van der Waals surface area contributed by atoms with Crippen molar-refractivity contribution in [3.8, 4) is 17.1 Å². The molecule has 0 unspecified atom stereocenters. The van der Waals surface area contributed by atoms with Crippen molar-refractivity contribution < 1.29 is 18.5 Å². The molecule has 0 radical (unpaired) electrons. The van der Waals surface area contributed by atoms with E-state index in [2.05, 4.69) is 15.0 Å². The predicted octanol–water partition coefficient (Wildman–Crippen LogP) is 3.22. The van der Waals surface area contributed by atoms with Crippen LogP contribution in [-0.4, -0.2) is 58.6 Å². The van der Waals surface area contributed by atoms with Gasteiger partial charge in [0.2, 0.25) is 11.7 Å². The molecule has 3 heterocycles. The summed E-state index contributed by atoms with van der Waals surface area (Å²) < 4.78 is 16.2. The number of hydrogen-bond donors (Lipinski definition) is 0. The minimum Gasteiger partial charge on any atom is -0.484 e. The predicted molar refractivity (Wildman–Crippen MR) is 125 cm³/mol. The van der Waals surface area contributed by atoms with Crippen molar-refractivity contribution in [2.45, 2.75) is 6.54 Å². The Bertz CT molecular complexity index is 1360. The standard InChI is InChI=1S/C24H21ClN4O5/c25-18-5-1-17(2-6-18)24-26-21(34-27-24)14-28-9-11-29(12-10-28)22(30)15-32-19-7-3-16-4-8-23(31)33-20(16)13-19/h1-8,13H,9-12,14-15H2. The number of piperazine rings is 1. The number of aromatic nitrogens is 2. The van der Waals surface area contributed by atoms with Gasteiger partial charge in [-0.25, -0.2) is 4.79 Å². The molecule has 0 aliphatic carbocycles. The van der Waals surface area contributed by atoms with Crippen molar-refractivity contribution in [2.75, 3.05) is 32.8 Å². The van der Waals surface area contributed by atoms with Gasteiger partial charge in [0.15, 0.2) is 6.61 Å².